The van der Waals surface area contributed by atoms with E-state index in [2.05, 4.69) is 9.72 Å². The number of rotatable bonds is 3. The summed E-state index contributed by atoms with van der Waals surface area (Å²) in [6.45, 7) is -0.374. The molecule has 0 aliphatic carbocycles. The summed E-state index contributed by atoms with van der Waals surface area (Å²) < 4.78 is 64.8. The first-order valence-electron chi connectivity index (χ1n) is 4.46. The standard InChI is InChI=1S/C9H6F5N3O/c10-8(11)5-3-17-6(2-16)4(1-15)7(5)18-9(12,13)14/h3,8H,2,16H2. The number of nitriles is 1. The quantitative estimate of drug-likeness (QED) is 0.852. The molecular formula is C9H6F5N3O. The molecule has 0 atom stereocenters. The third kappa shape index (κ3) is 3.04. The summed E-state index contributed by atoms with van der Waals surface area (Å²) in [5.41, 5.74) is 3.05. The van der Waals surface area contributed by atoms with Gasteiger partial charge in [-0.05, 0) is 0 Å². The molecule has 0 fully saturated rings. The lowest BCUT2D eigenvalue weighted by Crippen LogP contribution is -2.20. The number of nitrogens with two attached hydrogens (primary N) is 1. The smallest absolute Gasteiger partial charge is 0.404 e. The number of hydrogen-bond acceptors (Lipinski definition) is 4. The summed E-state index contributed by atoms with van der Waals surface area (Å²) in [5.74, 6) is -1.25. The molecule has 98 valence electrons. The summed E-state index contributed by atoms with van der Waals surface area (Å²) in [7, 11) is 0. The minimum atomic E-state index is -5.19. The van der Waals surface area contributed by atoms with Crippen molar-refractivity contribution >= 4 is 0 Å². The fourth-order valence-electron chi connectivity index (χ4n) is 1.20. The van der Waals surface area contributed by atoms with Crippen LogP contribution in [0.1, 0.15) is 23.2 Å². The van der Waals surface area contributed by atoms with Gasteiger partial charge in [-0.3, -0.25) is 4.98 Å². The molecule has 0 aliphatic heterocycles. The van der Waals surface area contributed by atoms with Crippen LogP contribution in [0.4, 0.5) is 22.0 Å². The number of pyridine rings is 1. The van der Waals surface area contributed by atoms with Crippen LogP contribution in [0.3, 0.4) is 0 Å². The Morgan fingerprint density at radius 3 is 2.44 bits per heavy atom. The van der Waals surface area contributed by atoms with Crippen LogP contribution in [0, 0.1) is 11.3 Å². The average Bonchev–Trinajstić information content (AvgIpc) is 2.25. The van der Waals surface area contributed by atoms with Crippen molar-refractivity contribution in [2.75, 3.05) is 0 Å². The molecule has 1 heterocycles. The van der Waals surface area contributed by atoms with E-state index in [1.54, 1.807) is 0 Å². The van der Waals surface area contributed by atoms with Crippen LogP contribution in [0.5, 0.6) is 5.75 Å². The zero-order valence-corrected chi connectivity index (χ0v) is 8.63. The summed E-state index contributed by atoms with van der Waals surface area (Å²) in [5, 5.41) is 8.70. The number of ether oxygens (including phenoxy) is 1. The van der Waals surface area contributed by atoms with Crippen LogP contribution < -0.4 is 10.5 Å². The Kier molecular flexibility index (Phi) is 4.03. The molecule has 0 saturated carbocycles. The Morgan fingerprint density at radius 1 is 1.44 bits per heavy atom. The summed E-state index contributed by atoms with van der Waals surface area (Å²) >= 11 is 0. The molecule has 0 aliphatic rings. The molecule has 0 radical (unpaired) electrons. The molecule has 2 N–H and O–H groups in total. The second kappa shape index (κ2) is 5.14. The molecule has 0 saturated heterocycles. The monoisotopic (exact) mass is 267 g/mol. The van der Waals surface area contributed by atoms with Crippen LogP contribution >= 0.6 is 0 Å². The maximum atomic E-state index is 12.5. The second-order valence-electron chi connectivity index (χ2n) is 3.03. The predicted molar refractivity (Wildman–Crippen MR) is 48.5 cm³/mol. The number of aromatic nitrogens is 1. The maximum Gasteiger partial charge on any atom is 0.573 e. The average molecular weight is 267 g/mol. The van der Waals surface area contributed by atoms with Gasteiger partial charge in [-0.25, -0.2) is 8.78 Å². The lowest BCUT2D eigenvalue weighted by Gasteiger charge is -2.15. The van der Waals surface area contributed by atoms with E-state index in [0.717, 1.165) is 0 Å². The highest BCUT2D eigenvalue weighted by Crippen LogP contribution is 2.36. The third-order valence-electron chi connectivity index (χ3n) is 1.90. The largest absolute Gasteiger partial charge is 0.573 e. The van der Waals surface area contributed by atoms with Crippen LogP contribution in [-0.2, 0) is 6.54 Å². The second-order valence-corrected chi connectivity index (χ2v) is 3.03. The van der Waals surface area contributed by atoms with E-state index in [-0.39, 0.29) is 12.2 Å². The SMILES string of the molecule is N#Cc1c(CN)ncc(C(F)F)c1OC(F)(F)F. The predicted octanol–water partition coefficient (Wildman–Crippen LogP) is 2.25. The molecule has 0 spiro atoms. The Balaban J connectivity index is 3.45. The van der Waals surface area contributed by atoms with E-state index in [4.69, 9.17) is 11.0 Å². The summed E-state index contributed by atoms with van der Waals surface area (Å²) in [6, 6.07) is 1.33. The molecule has 0 amide bonds. The Hall–Kier alpha value is -1.95. The van der Waals surface area contributed by atoms with Crippen LogP contribution in [0.15, 0.2) is 6.20 Å². The van der Waals surface area contributed by atoms with Gasteiger partial charge in [0, 0.05) is 12.7 Å². The highest BCUT2D eigenvalue weighted by Gasteiger charge is 2.35. The minimum Gasteiger partial charge on any atom is -0.404 e. The van der Waals surface area contributed by atoms with Crippen molar-refractivity contribution in [2.24, 2.45) is 5.73 Å². The van der Waals surface area contributed by atoms with Gasteiger partial charge in [0.1, 0.15) is 11.6 Å². The van der Waals surface area contributed by atoms with Crippen molar-refractivity contribution < 1.29 is 26.7 Å². The highest BCUT2D eigenvalue weighted by atomic mass is 19.4. The first kappa shape index (κ1) is 14.1. The zero-order chi connectivity index (χ0) is 13.9. The molecule has 0 aromatic carbocycles. The van der Waals surface area contributed by atoms with Gasteiger partial charge in [-0.15, -0.1) is 13.2 Å². The topological polar surface area (TPSA) is 71.9 Å². The highest BCUT2D eigenvalue weighted by molar-refractivity contribution is 5.50. The minimum absolute atomic E-state index is 0.249. The van der Waals surface area contributed by atoms with Gasteiger partial charge < -0.3 is 10.5 Å². The lowest BCUT2D eigenvalue weighted by molar-refractivity contribution is -0.275. The van der Waals surface area contributed by atoms with Gasteiger partial charge in [-0.2, -0.15) is 5.26 Å². The Labute approximate surface area is 97.8 Å². The fraction of sp³-hybridized carbons (Fsp3) is 0.333. The van der Waals surface area contributed by atoms with Crippen molar-refractivity contribution in [3.63, 3.8) is 0 Å². The van der Waals surface area contributed by atoms with E-state index in [9.17, 15) is 22.0 Å². The van der Waals surface area contributed by atoms with Crippen molar-refractivity contribution in [3.8, 4) is 11.8 Å². The molecule has 0 bridgehead atoms. The first-order valence-corrected chi connectivity index (χ1v) is 4.46. The number of hydrogen-bond donors (Lipinski definition) is 1. The Bertz CT molecular complexity index is 480. The number of alkyl halides is 5. The lowest BCUT2D eigenvalue weighted by atomic mass is 10.1. The van der Waals surface area contributed by atoms with E-state index >= 15 is 0 Å². The molecular weight excluding hydrogens is 261 g/mol. The zero-order valence-electron chi connectivity index (χ0n) is 8.63. The van der Waals surface area contributed by atoms with Crippen LogP contribution in [0.25, 0.3) is 0 Å². The molecule has 4 nitrogen and oxygen atoms in total. The normalized spacial score (nSPS) is 11.4. The van der Waals surface area contributed by atoms with Gasteiger partial charge in [0.2, 0.25) is 0 Å². The van der Waals surface area contributed by atoms with Gasteiger partial charge in [0.05, 0.1) is 11.3 Å². The van der Waals surface area contributed by atoms with Crippen molar-refractivity contribution in [2.45, 2.75) is 19.3 Å². The van der Waals surface area contributed by atoms with E-state index < -0.39 is 29.7 Å². The summed E-state index contributed by atoms with van der Waals surface area (Å²) in [6.07, 6.45) is -7.94. The number of halogens is 5. The Morgan fingerprint density at radius 2 is 2.06 bits per heavy atom. The van der Waals surface area contributed by atoms with Gasteiger partial charge in [0.25, 0.3) is 6.43 Å². The van der Waals surface area contributed by atoms with Gasteiger partial charge in [0.15, 0.2) is 5.75 Å². The first-order chi connectivity index (χ1) is 8.30. The van der Waals surface area contributed by atoms with E-state index in [1.807, 2.05) is 0 Å². The molecule has 9 heteroatoms. The van der Waals surface area contributed by atoms with Crippen molar-refractivity contribution in [1.29, 1.82) is 5.26 Å². The molecule has 1 rings (SSSR count). The van der Waals surface area contributed by atoms with Gasteiger partial charge >= 0.3 is 6.36 Å². The summed E-state index contributed by atoms with van der Waals surface area (Å²) in [4.78, 5) is 3.41. The maximum absolute atomic E-state index is 12.5. The third-order valence-corrected chi connectivity index (χ3v) is 1.90. The van der Waals surface area contributed by atoms with Crippen molar-refractivity contribution in [1.82, 2.24) is 4.98 Å². The molecule has 0 unspecified atom stereocenters. The molecule has 1 aromatic heterocycles. The number of nitrogens with zero attached hydrogens (tertiary/aromatic N) is 2. The van der Waals surface area contributed by atoms with E-state index in [1.165, 1.54) is 6.07 Å². The molecule has 1 aromatic rings. The molecule has 18 heavy (non-hydrogen) atoms. The van der Waals surface area contributed by atoms with Crippen molar-refractivity contribution in [3.05, 3.63) is 23.0 Å². The van der Waals surface area contributed by atoms with Gasteiger partial charge in [-0.1, -0.05) is 0 Å². The van der Waals surface area contributed by atoms with Crippen LogP contribution in [0.2, 0.25) is 0 Å². The van der Waals surface area contributed by atoms with Crippen LogP contribution in [-0.4, -0.2) is 11.3 Å². The fourth-order valence-corrected chi connectivity index (χ4v) is 1.20. The van der Waals surface area contributed by atoms with E-state index in [0.29, 0.717) is 6.20 Å².